The fourth-order valence-electron chi connectivity index (χ4n) is 3.14. The van der Waals surface area contributed by atoms with Crippen LogP contribution in [-0.2, 0) is 6.54 Å². The third-order valence-corrected chi connectivity index (χ3v) is 4.45. The molecule has 0 bridgehead atoms. The minimum atomic E-state index is -0.636. The molecule has 1 fully saturated rings. The average molecular weight is 317 g/mol. The number of hydrogen-bond donors (Lipinski definition) is 3. The van der Waals surface area contributed by atoms with Gasteiger partial charge in [0.2, 0.25) is 0 Å². The number of furan rings is 1. The third kappa shape index (κ3) is 3.72. The van der Waals surface area contributed by atoms with Gasteiger partial charge < -0.3 is 14.6 Å². The van der Waals surface area contributed by atoms with Gasteiger partial charge in [0.05, 0.1) is 0 Å². The van der Waals surface area contributed by atoms with E-state index < -0.39 is 5.91 Å². The van der Waals surface area contributed by atoms with Crippen LogP contribution in [0.25, 0.3) is 11.0 Å². The topological polar surface area (TPSA) is 77.7 Å². The van der Waals surface area contributed by atoms with Crippen LogP contribution in [0, 0.1) is 0 Å². The maximum atomic E-state index is 11.4. The Hall–Kier alpha value is -1.89. The Kier molecular flexibility index (Phi) is 4.95. The number of carbonyl (C=O) groups is 1. The molecule has 1 aliphatic rings. The lowest BCUT2D eigenvalue weighted by molar-refractivity contribution is 0.0678. The largest absolute Gasteiger partial charge is 0.451 e. The lowest BCUT2D eigenvalue weighted by atomic mass is 10.1. The lowest BCUT2D eigenvalue weighted by Gasteiger charge is -2.32. The molecule has 1 aliphatic heterocycles. The molecule has 0 aliphatic carbocycles. The van der Waals surface area contributed by atoms with Crippen molar-refractivity contribution in [1.29, 1.82) is 0 Å². The van der Waals surface area contributed by atoms with Gasteiger partial charge in [-0.1, -0.05) is 13.0 Å². The minimum Gasteiger partial charge on any atom is -0.451 e. The number of fused-ring (bicyclic) bond motifs is 1. The number of nitrogens with zero attached hydrogens (tertiary/aromatic N) is 1. The van der Waals surface area contributed by atoms with E-state index in [2.05, 4.69) is 17.1 Å². The third-order valence-electron chi connectivity index (χ3n) is 4.45. The SMILES string of the molecule is CCN1CCCC(NCc2ccc3oc(C(=O)NO)cc3c2)C1. The van der Waals surface area contributed by atoms with E-state index in [4.69, 9.17) is 9.62 Å². The number of amides is 1. The Morgan fingerprint density at radius 3 is 3.09 bits per heavy atom. The van der Waals surface area contributed by atoms with Gasteiger partial charge >= 0.3 is 5.91 Å². The highest BCUT2D eigenvalue weighted by Gasteiger charge is 2.18. The number of piperidine rings is 1. The Labute approximate surface area is 135 Å². The first-order valence-corrected chi connectivity index (χ1v) is 8.12. The van der Waals surface area contributed by atoms with Crippen LogP contribution in [-0.4, -0.2) is 41.7 Å². The normalized spacial score (nSPS) is 19.1. The summed E-state index contributed by atoms with van der Waals surface area (Å²) in [6.07, 6.45) is 2.46. The molecule has 124 valence electrons. The van der Waals surface area contributed by atoms with E-state index in [1.807, 2.05) is 18.2 Å². The van der Waals surface area contributed by atoms with E-state index in [9.17, 15) is 4.79 Å². The summed E-state index contributed by atoms with van der Waals surface area (Å²) in [7, 11) is 0. The summed E-state index contributed by atoms with van der Waals surface area (Å²) in [5, 5.41) is 13.1. The maximum Gasteiger partial charge on any atom is 0.310 e. The number of hydrogen-bond acceptors (Lipinski definition) is 5. The molecule has 2 aromatic rings. The number of carbonyl (C=O) groups excluding carboxylic acids is 1. The summed E-state index contributed by atoms with van der Waals surface area (Å²) in [4.78, 5) is 13.9. The van der Waals surface area contributed by atoms with Gasteiger partial charge in [0.25, 0.3) is 0 Å². The molecule has 1 aromatic heterocycles. The number of hydroxylamine groups is 1. The molecule has 6 heteroatoms. The van der Waals surface area contributed by atoms with E-state index in [1.54, 1.807) is 11.5 Å². The molecule has 6 nitrogen and oxygen atoms in total. The fraction of sp³-hybridized carbons (Fsp3) is 0.471. The van der Waals surface area contributed by atoms with E-state index in [1.165, 1.54) is 19.4 Å². The van der Waals surface area contributed by atoms with Gasteiger partial charge in [-0.25, -0.2) is 5.48 Å². The molecule has 0 spiro atoms. The molecular formula is C17H23N3O3. The second-order valence-electron chi connectivity index (χ2n) is 6.04. The van der Waals surface area contributed by atoms with Crippen LogP contribution < -0.4 is 10.8 Å². The van der Waals surface area contributed by atoms with Gasteiger partial charge in [-0.2, -0.15) is 0 Å². The zero-order chi connectivity index (χ0) is 16.2. The summed E-state index contributed by atoms with van der Waals surface area (Å²) in [5.41, 5.74) is 3.38. The number of likely N-dealkylation sites (N-methyl/N-ethyl adjacent to an activating group) is 1. The summed E-state index contributed by atoms with van der Waals surface area (Å²) in [6, 6.07) is 8.04. The van der Waals surface area contributed by atoms with Crippen molar-refractivity contribution in [3.05, 3.63) is 35.6 Å². The predicted molar refractivity (Wildman–Crippen MR) is 87.4 cm³/mol. The lowest BCUT2D eigenvalue weighted by Crippen LogP contribution is -2.45. The molecule has 23 heavy (non-hydrogen) atoms. The highest BCUT2D eigenvalue weighted by atomic mass is 16.5. The quantitative estimate of drug-likeness (QED) is 0.582. The molecule has 1 saturated heterocycles. The van der Waals surface area contributed by atoms with E-state index in [0.29, 0.717) is 11.6 Å². The molecule has 1 atom stereocenters. The fourth-order valence-corrected chi connectivity index (χ4v) is 3.14. The zero-order valence-electron chi connectivity index (χ0n) is 13.3. The maximum absolute atomic E-state index is 11.4. The van der Waals surface area contributed by atoms with Crippen LogP contribution in [0.15, 0.2) is 28.7 Å². The molecular weight excluding hydrogens is 294 g/mol. The number of rotatable bonds is 5. The van der Waals surface area contributed by atoms with Crippen molar-refractivity contribution in [2.75, 3.05) is 19.6 Å². The van der Waals surface area contributed by atoms with Crippen molar-refractivity contribution in [3.63, 3.8) is 0 Å². The van der Waals surface area contributed by atoms with Crippen LogP contribution in [0.4, 0.5) is 0 Å². The number of benzene rings is 1. The monoisotopic (exact) mass is 317 g/mol. The molecule has 1 aromatic carbocycles. The predicted octanol–water partition coefficient (Wildman–Crippen LogP) is 2.13. The smallest absolute Gasteiger partial charge is 0.310 e. The minimum absolute atomic E-state index is 0.110. The van der Waals surface area contributed by atoms with Gasteiger partial charge in [-0.3, -0.25) is 10.0 Å². The molecule has 0 saturated carbocycles. The van der Waals surface area contributed by atoms with Gasteiger partial charge in [0.1, 0.15) is 5.58 Å². The molecule has 1 unspecified atom stereocenters. The molecule has 3 N–H and O–H groups in total. The van der Waals surface area contributed by atoms with Crippen molar-refractivity contribution < 1.29 is 14.4 Å². The van der Waals surface area contributed by atoms with Gasteiger partial charge in [-0.15, -0.1) is 0 Å². The van der Waals surface area contributed by atoms with E-state index in [-0.39, 0.29) is 5.76 Å². The highest BCUT2D eigenvalue weighted by molar-refractivity contribution is 5.95. The molecule has 1 amide bonds. The van der Waals surface area contributed by atoms with Crippen LogP contribution in [0.2, 0.25) is 0 Å². The van der Waals surface area contributed by atoms with Crippen LogP contribution in [0.3, 0.4) is 0 Å². The first kappa shape index (κ1) is 16.0. The average Bonchev–Trinajstić information content (AvgIpc) is 3.02. The summed E-state index contributed by atoms with van der Waals surface area (Å²) in [5.74, 6) is -0.527. The van der Waals surface area contributed by atoms with E-state index in [0.717, 1.165) is 30.6 Å². The molecule has 0 radical (unpaired) electrons. The van der Waals surface area contributed by atoms with Crippen LogP contribution >= 0.6 is 0 Å². The van der Waals surface area contributed by atoms with Crippen molar-refractivity contribution in [1.82, 2.24) is 15.7 Å². The summed E-state index contributed by atoms with van der Waals surface area (Å²) in [6.45, 7) is 6.41. The van der Waals surface area contributed by atoms with Gasteiger partial charge in [-0.05, 0) is 49.7 Å². The van der Waals surface area contributed by atoms with Crippen molar-refractivity contribution >= 4 is 16.9 Å². The first-order valence-electron chi connectivity index (χ1n) is 8.12. The second kappa shape index (κ2) is 7.12. The molecule has 2 heterocycles. The van der Waals surface area contributed by atoms with E-state index >= 15 is 0 Å². The Balaban J connectivity index is 1.65. The van der Waals surface area contributed by atoms with Crippen molar-refractivity contribution in [2.24, 2.45) is 0 Å². The zero-order valence-corrected chi connectivity index (χ0v) is 13.3. The van der Waals surface area contributed by atoms with Crippen LogP contribution in [0.5, 0.6) is 0 Å². The van der Waals surface area contributed by atoms with Gasteiger partial charge in [0, 0.05) is 24.5 Å². The molecule has 3 rings (SSSR count). The Morgan fingerprint density at radius 1 is 1.43 bits per heavy atom. The van der Waals surface area contributed by atoms with Crippen molar-refractivity contribution in [2.45, 2.75) is 32.4 Å². The van der Waals surface area contributed by atoms with Gasteiger partial charge in [0.15, 0.2) is 5.76 Å². The highest BCUT2D eigenvalue weighted by Crippen LogP contribution is 2.21. The first-order chi connectivity index (χ1) is 11.2. The summed E-state index contributed by atoms with van der Waals surface area (Å²) < 4.78 is 5.40. The Bertz CT molecular complexity index is 683. The van der Waals surface area contributed by atoms with Crippen molar-refractivity contribution in [3.8, 4) is 0 Å². The Morgan fingerprint density at radius 2 is 2.30 bits per heavy atom. The summed E-state index contributed by atoms with van der Waals surface area (Å²) >= 11 is 0. The van der Waals surface area contributed by atoms with Crippen LogP contribution in [0.1, 0.15) is 35.9 Å². The standard InChI is InChI=1S/C17H23N3O3/c1-2-20-7-3-4-14(11-20)18-10-12-5-6-15-13(8-12)9-16(23-15)17(21)19-22/h5-6,8-9,14,18,22H,2-4,7,10-11H2,1H3,(H,19,21). The number of likely N-dealkylation sites (tertiary alicyclic amines) is 1. The second-order valence-corrected chi connectivity index (χ2v) is 6.04. The number of nitrogens with one attached hydrogen (secondary N) is 2.